The molecule has 0 aliphatic rings. The van der Waals surface area contributed by atoms with Crippen LogP contribution in [-0.2, 0) is 25.6 Å². The van der Waals surface area contributed by atoms with Crippen molar-refractivity contribution in [2.24, 2.45) is 22.2 Å². The van der Waals surface area contributed by atoms with E-state index in [0.29, 0.717) is 5.69 Å². The second-order valence-electron chi connectivity index (χ2n) is 7.71. The number of imidazole rings is 1. The summed E-state index contributed by atoms with van der Waals surface area (Å²) in [6, 6.07) is -4.93. The van der Waals surface area contributed by atoms with E-state index in [9.17, 15) is 29.4 Å². The van der Waals surface area contributed by atoms with Gasteiger partial charge in [0.15, 0.2) is 12.0 Å². The molecule has 15 nitrogen and oxygen atoms in total. The summed E-state index contributed by atoms with van der Waals surface area (Å²) in [6.07, 6.45) is 2.00. The third kappa shape index (κ3) is 10.6. The first-order valence-electron chi connectivity index (χ1n) is 10.7. The van der Waals surface area contributed by atoms with Crippen LogP contribution < -0.4 is 33.2 Å². The first-order chi connectivity index (χ1) is 16.5. The lowest BCUT2D eigenvalue weighted by Gasteiger charge is -2.25. The molecule has 12 N–H and O–H groups in total. The molecule has 1 heterocycles. The Labute approximate surface area is 207 Å². The van der Waals surface area contributed by atoms with Gasteiger partial charge in [-0.1, -0.05) is 0 Å². The van der Waals surface area contributed by atoms with E-state index in [-0.39, 0.29) is 37.5 Å². The number of aromatic amines is 1. The predicted octanol–water partition coefficient (Wildman–Crippen LogP) is -3.82. The number of aliphatic hydroxyl groups is 1. The summed E-state index contributed by atoms with van der Waals surface area (Å²) in [7, 11) is 0. The fourth-order valence-electron chi connectivity index (χ4n) is 2.89. The number of aliphatic hydroxyl groups excluding tert-OH is 1. The molecule has 1 aromatic rings. The van der Waals surface area contributed by atoms with E-state index in [1.807, 2.05) is 0 Å². The number of carboxylic acid groups (broad SMARTS) is 1. The molecule has 16 heteroatoms. The van der Waals surface area contributed by atoms with E-state index in [2.05, 4.69) is 43.5 Å². The van der Waals surface area contributed by atoms with Crippen molar-refractivity contribution < 1.29 is 29.4 Å². The predicted molar refractivity (Wildman–Crippen MR) is 129 cm³/mol. The van der Waals surface area contributed by atoms with Crippen LogP contribution in [0, 0.1) is 0 Å². The quantitative estimate of drug-likeness (QED) is 0.0470. The maximum absolute atomic E-state index is 12.8. The van der Waals surface area contributed by atoms with Crippen molar-refractivity contribution in [3.63, 3.8) is 0 Å². The minimum Gasteiger partial charge on any atom is -0.480 e. The number of carbonyl (C=O) groups is 4. The number of aromatic nitrogens is 2. The van der Waals surface area contributed by atoms with E-state index in [0.717, 1.165) is 0 Å². The number of guanidine groups is 1. The number of aliphatic imine (C=N–C) groups is 1. The van der Waals surface area contributed by atoms with Crippen molar-refractivity contribution in [1.29, 1.82) is 0 Å². The fraction of sp³-hybridized carbons (Fsp3) is 0.579. The minimum atomic E-state index is -1.60. The molecule has 0 saturated heterocycles. The maximum Gasteiger partial charge on any atom is 0.328 e. The Morgan fingerprint density at radius 2 is 1.77 bits per heavy atom. The lowest BCUT2D eigenvalue weighted by molar-refractivity contribution is -0.145. The topological polar surface area (TPSA) is 264 Å². The number of thiol groups is 1. The highest BCUT2D eigenvalue weighted by atomic mass is 32.1. The van der Waals surface area contributed by atoms with Crippen LogP contribution in [0.3, 0.4) is 0 Å². The Hall–Kier alpha value is -3.37. The van der Waals surface area contributed by atoms with Crippen LogP contribution in [0.4, 0.5) is 0 Å². The molecule has 0 aromatic carbocycles. The number of rotatable bonds is 15. The molecule has 5 unspecified atom stereocenters. The summed E-state index contributed by atoms with van der Waals surface area (Å²) in [4.78, 5) is 59.8. The number of aliphatic carboxylic acids is 1. The average molecular weight is 516 g/mol. The molecular weight excluding hydrogens is 482 g/mol. The van der Waals surface area contributed by atoms with Crippen LogP contribution in [0.15, 0.2) is 17.5 Å². The molecule has 3 amide bonds. The molecule has 196 valence electrons. The molecule has 5 atom stereocenters. The zero-order chi connectivity index (χ0) is 26.5. The Morgan fingerprint density at radius 3 is 2.29 bits per heavy atom. The van der Waals surface area contributed by atoms with Gasteiger partial charge in [-0.05, 0) is 19.8 Å². The summed E-state index contributed by atoms with van der Waals surface area (Å²) < 4.78 is 0. The number of nitrogens with two attached hydrogens (primary N) is 3. The number of carboxylic acids is 1. The Bertz CT molecular complexity index is 876. The monoisotopic (exact) mass is 515 g/mol. The van der Waals surface area contributed by atoms with Gasteiger partial charge in [0, 0.05) is 30.6 Å². The highest BCUT2D eigenvalue weighted by Crippen LogP contribution is 2.04. The number of H-pyrrole nitrogens is 1. The lowest BCUT2D eigenvalue weighted by Crippen LogP contribution is -2.58. The van der Waals surface area contributed by atoms with Gasteiger partial charge in [0.2, 0.25) is 17.7 Å². The number of carbonyl (C=O) groups excluding carboxylic acids is 3. The number of hydrogen-bond donors (Lipinski definition) is 10. The highest BCUT2D eigenvalue weighted by molar-refractivity contribution is 7.80. The van der Waals surface area contributed by atoms with Crippen LogP contribution in [0.25, 0.3) is 0 Å². The van der Waals surface area contributed by atoms with Crippen molar-refractivity contribution in [1.82, 2.24) is 25.9 Å². The molecule has 0 aliphatic carbocycles. The van der Waals surface area contributed by atoms with Crippen molar-refractivity contribution in [2.75, 3.05) is 12.3 Å². The van der Waals surface area contributed by atoms with E-state index in [1.165, 1.54) is 19.4 Å². The second-order valence-corrected chi connectivity index (χ2v) is 8.07. The second kappa shape index (κ2) is 14.8. The first-order valence-corrected chi connectivity index (χ1v) is 11.3. The normalized spacial score (nSPS) is 15.1. The largest absolute Gasteiger partial charge is 0.480 e. The van der Waals surface area contributed by atoms with Gasteiger partial charge < -0.3 is 48.3 Å². The molecular formula is C19H33N9O6S. The third-order valence-corrected chi connectivity index (χ3v) is 5.14. The number of hydrogen-bond acceptors (Lipinski definition) is 9. The molecule has 0 radical (unpaired) electrons. The molecule has 0 spiro atoms. The van der Waals surface area contributed by atoms with Gasteiger partial charge in [0.05, 0.1) is 18.5 Å². The van der Waals surface area contributed by atoms with Gasteiger partial charge in [0.1, 0.15) is 12.1 Å². The number of nitrogens with one attached hydrogen (secondary N) is 4. The molecule has 0 aliphatic heterocycles. The molecule has 0 fully saturated rings. The Morgan fingerprint density at radius 1 is 1.14 bits per heavy atom. The molecule has 1 rings (SSSR count). The van der Waals surface area contributed by atoms with Crippen LogP contribution in [0.1, 0.15) is 25.5 Å². The molecule has 0 bridgehead atoms. The van der Waals surface area contributed by atoms with Crippen molar-refractivity contribution in [3.8, 4) is 0 Å². The van der Waals surface area contributed by atoms with Gasteiger partial charge >= 0.3 is 5.97 Å². The molecule has 35 heavy (non-hydrogen) atoms. The van der Waals surface area contributed by atoms with Gasteiger partial charge in [-0.2, -0.15) is 12.6 Å². The zero-order valence-corrected chi connectivity index (χ0v) is 20.1. The number of amides is 3. The van der Waals surface area contributed by atoms with Crippen molar-refractivity contribution in [3.05, 3.63) is 18.2 Å². The van der Waals surface area contributed by atoms with E-state index in [4.69, 9.17) is 17.2 Å². The summed E-state index contributed by atoms with van der Waals surface area (Å²) in [5.41, 5.74) is 17.1. The van der Waals surface area contributed by atoms with E-state index < -0.39 is 54.0 Å². The first kappa shape index (κ1) is 29.7. The minimum absolute atomic E-state index is 0.0348. The average Bonchev–Trinajstić information content (AvgIpc) is 3.29. The Kier molecular flexibility index (Phi) is 12.5. The van der Waals surface area contributed by atoms with Gasteiger partial charge in [-0.3, -0.25) is 19.4 Å². The summed E-state index contributed by atoms with van der Waals surface area (Å²) >= 11 is 4.09. The standard InChI is InChI=1S/C19H33N9O6S/c1-9(29)14(18(33)34)28-16(31)12(3-2-4-24-19(21)22)26-17(32)13(7-35)27-15(30)11(20)5-10-6-23-8-25-10/h6,8-9,11-14,29,35H,2-5,7,20H2,1H3,(H,23,25)(H,26,32)(H,27,30)(H,28,31)(H,33,34)(H4,21,22,24). The Balaban J connectivity index is 2.87. The smallest absolute Gasteiger partial charge is 0.328 e. The van der Waals surface area contributed by atoms with Crippen molar-refractivity contribution in [2.45, 2.75) is 56.5 Å². The molecule has 1 aromatic heterocycles. The zero-order valence-electron chi connectivity index (χ0n) is 19.2. The molecule has 0 saturated carbocycles. The van der Waals surface area contributed by atoms with Gasteiger partial charge in [-0.15, -0.1) is 0 Å². The SMILES string of the molecule is CC(O)C(NC(=O)C(CCCN=C(N)N)NC(=O)C(CS)NC(=O)C(N)Cc1cnc[nH]1)C(=O)O. The van der Waals surface area contributed by atoms with Crippen LogP contribution in [0.2, 0.25) is 0 Å². The summed E-state index contributed by atoms with van der Waals surface area (Å²) in [5, 5.41) is 26.0. The van der Waals surface area contributed by atoms with E-state index in [1.54, 1.807) is 0 Å². The van der Waals surface area contributed by atoms with Crippen molar-refractivity contribution >= 4 is 42.3 Å². The lowest BCUT2D eigenvalue weighted by atomic mass is 10.1. The van der Waals surface area contributed by atoms with Gasteiger partial charge in [0.25, 0.3) is 0 Å². The van der Waals surface area contributed by atoms with Crippen LogP contribution in [0.5, 0.6) is 0 Å². The number of nitrogens with zero attached hydrogens (tertiary/aromatic N) is 2. The summed E-state index contributed by atoms with van der Waals surface area (Å²) in [5.74, 6) is -3.93. The van der Waals surface area contributed by atoms with Crippen LogP contribution >= 0.6 is 12.6 Å². The summed E-state index contributed by atoms with van der Waals surface area (Å²) in [6.45, 7) is 1.35. The van der Waals surface area contributed by atoms with Gasteiger partial charge in [-0.25, -0.2) is 9.78 Å². The third-order valence-electron chi connectivity index (χ3n) is 4.77. The fourth-order valence-corrected chi connectivity index (χ4v) is 3.14. The maximum atomic E-state index is 12.8. The van der Waals surface area contributed by atoms with Crippen LogP contribution in [-0.4, -0.2) is 92.4 Å². The van der Waals surface area contributed by atoms with E-state index >= 15 is 0 Å². The highest BCUT2D eigenvalue weighted by Gasteiger charge is 2.31.